The molecule has 0 unspecified atom stereocenters. The van der Waals surface area contributed by atoms with Crippen molar-refractivity contribution >= 4 is 5.91 Å². The maximum atomic E-state index is 12.9. The lowest BCUT2D eigenvalue weighted by molar-refractivity contribution is 0.0946. The molecule has 0 saturated heterocycles. The minimum absolute atomic E-state index is 0.187. The highest BCUT2D eigenvalue weighted by atomic mass is 16.5. The van der Waals surface area contributed by atoms with Gasteiger partial charge in [-0.3, -0.25) is 4.79 Å². The molecule has 2 aromatic carbocycles. The third-order valence-electron chi connectivity index (χ3n) is 4.57. The van der Waals surface area contributed by atoms with Crippen molar-refractivity contribution < 1.29 is 13.9 Å². The van der Waals surface area contributed by atoms with Gasteiger partial charge in [-0.15, -0.1) is 0 Å². The quantitative estimate of drug-likeness (QED) is 0.518. The van der Waals surface area contributed by atoms with Crippen LogP contribution in [0.1, 0.15) is 16.1 Å². The first-order chi connectivity index (χ1) is 14.2. The summed E-state index contributed by atoms with van der Waals surface area (Å²) in [7, 11) is 1.64. The highest BCUT2D eigenvalue weighted by Gasteiger charge is 2.18. The molecule has 0 aliphatic rings. The van der Waals surface area contributed by atoms with Crippen molar-refractivity contribution in [2.45, 2.75) is 6.42 Å². The molecule has 4 aromatic rings. The van der Waals surface area contributed by atoms with Gasteiger partial charge >= 0.3 is 0 Å². The molecule has 6 heteroatoms. The first-order valence-electron chi connectivity index (χ1n) is 9.35. The van der Waals surface area contributed by atoms with Crippen LogP contribution in [0.3, 0.4) is 0 Å². The SMILES string of the molecule is COc1ccc(CCNC(=O)c2cc(-c3ccco3)nn2-c2ccccc2)cc1. The van der Waals surface area contributed by atoms with Gasteiger partial charge in [0.15, 0.2) is 5.76 Å². The van der Waals surface area contributed by atoms with Crippen molar-refractivity contribution in [1.82, 2.24) is 15.1 Å². The van der Waals surface area contributed by atoms with Gasteiger partial charge in [-0.2, -0.15) is 5.10 Å². The highest BCUT2D eigenvalue weighted by Crippen LogP contribution is 2.22. The Bertz CT molecular complexity index is 1070. The average Bonchev–Trinajstić information content (AvgIpc) is 3.45. The fourth-order valence-electron chi connectivity index (χ4n) is 3.06. The number of para-hydroxylation sites is 1. The minimum Gasteiger partial charge on any atom is -0.497 e. The zero-order valence-electron chi connectivity index (χ0n) is 16.0. The van der Waals surface area contributed by atoms with E-state index in [9.17, 15) is 4.79 Å². The summed E-state index contributed by atoms with van der Waals surface area (Å²) in [4.78, 5) is 12.9. The number of nitrogens with zero attached hydrogens (tertiary/aromatic N) is 2. The normalized spacial score (nSPS) is 10.7. The van der Waals surface area contributed by atoms with E-state index in [1.807, 2.05) is 60.7 Å². The van der Waals surface area contributed by atoms with Gasteiger partial charge in [0.05, 0.1) is 19.1 Å². The predicted molar refractivity (Wildman–Crippen MR) is 110 cm³/mol. The Hall–Kier alpha value is -3.80. The van der Waals surface area contributed by atoms with E-state index in [0.29, 0.717) is 23.7 Å². The minimum atomic E-state index is -0.187. The van der Waals surface area contributed by atoms with Crippen LogP contribution in [-0.2, 0) is 6.42 Å². The summed E-state index contributed by atoms with van der Waals surface area (Å²) in [5, 5.41) is 7.56. The number of rotatable bonds is 7. The number of benzene rings is 2. The number of carbonyl (C=O) groups is 1. The Morgan fingerprint density at radius 2 is 1.86 bits per heavy atom. The summed E-state index contributed by atoms with van der Waals surface area (Å²) in [6.07, 6.45) is 2.31. The molecule has 0 aliphatic carbocycles. The van der Waals surface area contributed by atoms with Gasteiger partial charge < -0.3 is 14.5 Å². The second-order valence-corrected chi connectivity index (χ2v) is 6.49. The number of hydrogen-bond acceptors (Lipinski definition) is 4. The Balaban J connectivity index is 1.52. The largest absolute Gasteiger partial charge is 0.497 e. The molecule has 0 saturated carbocycles. The molecule has 0 aliphatic heterocycles. The number of furan rings is 1. The van der Waals surface area contributed by atoms with E-state index in [1.165, 1.54) is 0 Å². The van der Waals surface area contributed by atoms with Crippen molar-refractivity contribution in [3.8, 4) is 22.9 Å². The lowest BCUT2D eigenvalue weighted by Crippen LogP contribution is -2.27. The molecule has 0 spiro atoms. The second-order valence-electron chi connectivity index (χ2n) is 6.49. The van der Waals surface area contributed by atoms with Crippen molar-refractivity contribution in [2.75, 3.05) is 13.7 Å². The summed E-state index contributed by atoms with van der Waals surface area (Å²) in [5.74, 6) is 1.25. The molecule has 2 heterocycles. The van der Waals surface area contributed by atoms with Crippen molar-refractivity contribution in [3.63, 3.8) is 0 Å². The average molecular weight is 387 g/mol. The first kappa shape index (κ1) is 18.6. The van der Waals surface area contributed by atoms with Crippen LogP contribution in [0.5, 0.6) is 5.75 Å². The van der Waals surface area contributed by atoms with Crippen LogP contribution in [0, 0.1) is 0 Å². The fourth-order valence-corrected chi connectivity index (χ4v) is 3.06. The molecule has 6 nitrogen and oxygen atoms in total. The molecule has 1 N–H and O–H groups in total. The first-order valence-corrected chi connectivity index (χ1v) is 9.35. The summed E-state index contributed by atoms with van der Waals surface area (Å²) < 4.78 is 12.3. The van der Waals surface area contributed by atoms with Gasteiger partial charge in [0.2, 0.25) is 0 Å². The number of aromatic nitrogens is 2. The van der Waals surface area contributed by atoms with Gasteiger partial charge in [0.25, 0.3) is 5.91 Å². The molecule has 0 bridgehead atoms. The molecule has 146 valence electrons. The molecule has 0 radical (unpaired) electrons. The standard InChI is InChI=1S/C23H21N3O3/c1-28-19-11-9-17(10-12-19)13-14-24-23(27)21-16-20(22-8-5-15-29-22)25-26(21)18-6-3-2-4-7-18/h2-12,15-16H,13-14H2,1H3,(H,24,27). The van der Waals surface area contributed by atoms with Crippen molar-refractivity contribution in [1.29, 1.82) is 0 Å². The van der Waals surface area contributed by atoms with Crippen LogP contribution in [0.2, 0.25) is 0 Å². The molecule has 0 atom stereocenters. The summed E-state index contributed by atoms with van der Waals surface area (Å²) in [6, 6.07) is 22.7. The Kier molecular flexibility index (Phi) is 5.42. The molecule has 1 amide bonds. The number of nitrogens with one attached hydrogen (secondary N) is 1. The molecule has 4 rings (SSSR count). The highest BCUT2D eigenvalue weighted by molar-refractivity contribution is 5.94. The van der Waals surface area contributed by atoms with Gasteiger partial charge in [-0.25, -0.2) is 4.68 Å². The number of methoxy groups -OCH3 is 1. The van der Waals surface area contributed by atoms with Gasteiger partial charge in [0.1, 0.15) is 17.1 Å². The number of carbonyl (C=O) groups excluding carboxylic acids is 1. The topological polar surface area (TPSA) is 69.3 Å². The van der Waals surface area contributed by atoms with E-state index in [2.05, 4.69) is 10.4 Å². The van der Waals surface area contributed by atoms with Crippen LogP contribution >= 0.6 is 0 Å². The van der Waals surface area contributed by atoms with E-state index < -0.39 is 0 Å². The maximum absolute atomic E-state index is 12.9. The molecular formula is C23H21N3O3. The van der Waals surface area contributed by atoms with E-state index >= 15 is 0 Å². The Labute approximate surface area is 168 Å². The third-order valence-corrected chi connectivity index (χ3v) is 4.57. The summed E-state index contributed by atoms with van der Waals surface area (Å²) in [5.41, 5.74) is 3.00. The molecule has 29 heavy (non-hydrogen) atoms. The Morgan fingerprint density at radius 1 is 1.07 bits per heavy atom. The lowest BCUT2D eigenvalue weighted by atomic mass is 10.1. The smallest absolute Gasteiger partial charge is 0.270 e. The van der Waals surface area contributed by atoms with Gasteiger partial charge in [0, 0.05) is 12.6 Å². The predicted octanol–water partition coefficient (Wildman–Crippen LogP) is 4.11. The summed E-state index contributed by atoms with van der Waals surface area (Å²) in [6.45, 7) is 0.515. The van der Waals surface area contributed by atoms with Gasteiger partial charge in [-0.05, 0) is 48.4 Å². The number of hydrogen-bond donors (Lipinski definition) is 1. The number of amides is 1. The second kappa shape index (κ2) is 8.48. The number of ether oxygens (including phenoxy) is 1. The van der Waals surface area contributed by atoms with Crippen LogP contribution < -0.4 is 10.1 Å². The summed E-state index contributed by atoms with van der Waals surface area (Å²) >= 11 is 0. The fraction of sp³-hybridized carbons (Fsp3) is 0.130. The van der Waals surface area contributed by atoms with E-state index in [-0.39, 0.29) is 5.91 Å². The van der Waals surface area contributed by atoms with Crippen LogP contribution in [0.4, 0.5) is 0 Å². The zero-order chi connectivity index (χ0) is 20.1. The lowest BCUT2D eigenvalue weighted by Gasteiger charge is -2.08. The van der Waals surface area contributed by atoms with E-state index in [1.54, 1.807) is 30.2 Å². The van der Waals surface area contributed by atoms with Crippen molar-refractivity contribution in [3.05, 3.63) is 90.3 Å². The van der Waals surface area contributed by atoms with E-state index in [4.69, 9.17) is 9.15 Å². The van der Waals surface area contributed by atoms with Crippen LogP contribution in [-0.4, -0.2) is 29.3 Å². The van der Waals surface area contributed by atoms with Gasteiger partial charge in [-0.1, -0.05) is 30.3 Å². The molecule has 0 fully saturated rings. The molecular weight excluding hydrogens is 366 g/mol. The molecule has 2 aromatic heterocycles. The third kappa shape index (κ3) is 4.21. The zero-order valence-corrected chi connectivity index (χ0v) is 16.0. The Morgan fingerprint density at radius 3 is 2.55 bits per heavy atom. The maximum Gasteiger partial charge on any atom is 0.270 e. The monoisotopic (exact) mass is 387 g/mol. The van der Waals surface area contributed by atoms with Crippen LogP contribution in [0.15, 0.2) is 83.5 Å². The van der Waals surface area contributed by atoms with E-state index in [0.717, 1.165) is 23.4 Å². The van der Waals surface area contributed by atoms with Crippen molar-refractivity contribution in [2.24, 2.45) is 0 Å². The van der Waals surface area contributed by atoms with Crippen LogP contribution in [0.25, 0.3) is 17.1 Å².